The van der Waals surface area contributed by atoms with Gasteiger partial charge in [0.1, 0.15) is 0 Å². The van der Waals surface area contributed by atoms with Crippen LogP contribution in [-0.2, 0) is 11.2 Å². The molecule has 0 spiro atoms. The van der Waals surface area contributed by atoms with Gasteiger partial charge in [-0.3, -0.25) is 9.59 Å². The van der Waals surface area contributed by atoms with Crippen molar-refractivity contribution in [2.45, 2.75) is 45.6 Å². The third kappa shape index (κ3) is 5.99. The number of hydrogen-bond acceptors (Lipinski definition) is 3. The van der Waals surface area contributed by atoms with Crippen LogP contribution < -0.4 is 5.32 Å². The van der Waals surface area contributed by atoms with Crippen molar-refractivity contribution in [3.8, 4) is 0 Å². The van der Waals surface area contributed by atoms with Gasteiger partial charge in [0, 0.05) is 23.8 Å². The Kier molecular flexibility index (Phi) is 6.53. The minimum Gasteiger partial charge on any atom is -0.354 e. The molecule has 1 N–H and O–H groups in total. The highest BCUT2D eigenvalue weighted by Gasteiger charge is 2.12. The zero-order valence-electron chi connectivity index (χ0n) is 13.7. The first-order chi connectivity index (χ1) is 11.0. The summed E-state index contributed by atoms with van der Waals surface area (Å²) in [5.41, 5.74) is 1.27. The molecule has 2 rings (SSSR count). The van der Waals surface area contributed by atoms with Crippen LogP contribution >= 0.6 is 11.3 Å². The number of carbonyl (C=O) groups excluding carboxylic acids is 2. The van der Waals surface area contributed by atoms with Gasteiger partial charge < -0.3 is 5.32 Å². The summed E-state index contributed by atoms with van der Waals surface area (Å²) in [4.78, 5) is 25.8. The van der Waals surface area contributed by atoms with Crippen molar-refractivity contribution in [3.05, 3.63) is 57.8 Å². The first-order valence-electron chi connectivity index (χ1n) is 7.97. The number of nitrogens with one attached hydrogen (secondary N) is 1. The van der Waals surface area contributed by atoms with Crippen molar-refractivity contribution in [2.75, 3.05) is 0 Å². The fourth-order valence-corrected chi connectivity index (χ4v) is 3.22. The lowest BCUT2D eigenvalue weighted by atomic mass is 10.1. The molecule has 0 aliphatic carbocycles. The van der Waals surface area contributed by atoms with Crippen molar-refractivity contribution < 1.29 is 9.59 Å². The van der Waals surface area contributed by atoms with Crippen molar-refractivity contribution in [1.29, 1.82) is 0 Å². The quantitative estimate of drug-likeness (QED) is 0.739. The molecule has 4 heteroatoms. The van der Waals surface area contributed by atoms with Gasteiger partial charge in [0.15, 0.2) is 5.78 Å². The second-order valence-corrected chi connectivity index (χ2v) is 7.11. The summed E-state index contributed by atoms with van der Waals surface area (Å²) in [6.45, 7) is 3.98. The fourth-order valence-electron chi connectivity index (χ4n) is 2.38. The van der Waals surface area contributed by atoms with E-state index in [1.54, 1.807) is 0 Å². The molecule has 0 bridgehead atoms. The van der Waals surface area contributed by atoms with Gasteiger partial charge in [-0.1, -0.05) is 30.3 Å². The van der Waals surface area contributed by atoms with Crippen molar-refractivity contribution in [2.24, 2.45) is 0 Å². The molecule has 0 saturated heterocycles. The number of aryl methyl sites for hydroxylation is 2. The number of Topliss-reactive ketones (excluding diaryl/α,β-unsaturated/α-hetero) is 1. The number of rotatable bonds is 8. The normalized spacial score (nSPS) is 11.9. The highest BCUT2D eigenvalue weighted by molar-refractivity contribution is 7.14. The lowest BCUT2D eigenvalue weighted by Crippen LogP contribution is -2.33. The third-order valence-corrected chi connectivity index (χ3v) is 4.75. The van der Waals surface area contributed by atoms with E-state index in [0.717, 1.165) is 22.6 Å². The molecule has 1 aromatic heterocycles. The molecule has 23 heavy (non-hydrogen) atoms. The van der Waals surface area contributed by atoms with Crippen molar-refractivity contribution >= 4 is 23.0 Å². The molecular formula is C19H23NO2S. The van der Waals surface area contributed by atoms with E-state index in [9.17, 15) is 9.59 Å². The average Bonchev–Trinajstić information content (AvgIpc) is 2.98. The van der Waals surface area contributed by atoms with Crippen LogP contribution in [-0.4, -0.2) is 17.7 Å². The predicted octanol–water partition coefficient (Wildman–Crippen LogP) is 4.16. The number of thiophene rings is 1. The summed E-state index contributed by atoms with van der Waals surface area (Å²) in [5, 5.41) is 2.97. The minimum atomic E-state index is -0.0489. The van der Waals surface area contributed by atoms with Crippen molar-refractivity contribution in [1.82, 2.24) is 5.32 Å². The summed E-state index contributed by atoms with van der Waals surface area (Å²) >= 11 is 1.49. The standard InChI is InChI=1S/C19H23NO2S/c1-14(8-10-16-6-4-3-5-7-16)20-19(22)13-11-17(21)18-12-9-15(2)23-18/h3-7,9,12,14H,8,10-11,13H2,1-2H3,(H,20,22). The lowest BCUT2D eigenvalue weighted by molar-refractivity contribution is -0.121. The molecule has 0 radical (unpaired) electrons. The highest BCUT2D eigenvalue weighted by Crippen LogP contribution is 2.17. The predicted molar refractivity (Wildman–Crippen MR) is 95.0 cm³/mol. The summed E-state index contributed by atoms with van der Waals surface area (Å²) in [7, 11) is 0. The molecule has 0 aliphatic rings. The molecule has 1 aromatic carbocycles. The monoisotopic (exact) mass is 329 g/mol. The van der Waals surface area contributed by atoms with Crippen LogP contribution in [0.25, 0.3) is 0 Å². The second-order valence-electron chi connectivity index (χ2n) is 5.83. The molecule has 1 atom stereocenters. The Balaban J connectivity index is 1.68. The summed E-state index contributed by atoms with van der Waals surface area (Å²) in [5.74, 6) is 0.00220. The van der Waals surface area contributed by atoms with E-state index in [-0.39, 0.29) is 30.6 Å². The van der Waals surface area contributed by atoms with Crippen LogP contribution in [0.1, 0.15) is 46.3 Å². The van der Waals surface area contributed by atoms with E-state index in [0.29, 0.717) is 0 Å². The Morgan fingerprint density at radius 2 is 1.83 bits per heavy atom. The molecule has 0 saturated carbocycles. The molecule has 0 fully saturated rings. The first-order valence-corrected chi connectivity index (χ1v) is 8.79. The maximum absolute atomic E-state index is 12.0. The maximum Gasteiger partial charge on any atom is 0.220 e. The van der Waals surface area contributed by atoms with Gasteiger partial charge in [0.25, 0.3) is 0 Å². The zero-order chi connectivity index (χ0) is 16.7. The van der Waals surface area contributed by atoms with Gasteiger partial charge in [-0.05, 0) is 44.4 Å². The van der Waals surface area contributed by atoms with Gasteiger partial charge in [-0.25, -0.2) is 0 Å². The topological polar surface area (TPSA) is 46.2 Å². The van der Waals surface area contributed by atoms with E-state index in [1.165, 1.54) is 16.9 Å². The van der Waals surface area contributed by atoms with Crippen LogP contribution in [0.4, 0.5) is 0 Å². The van der Waals surface area contributed by atoms with E-state index in [2.05, 4.69) is 17.4 Å². The number of hydrogen-bond donors (Lipinski definition) is 1. The molecule has 122 valence electrons. The number of benzene rings is 1. The fraction of sp³-hybridized carbons (Fsp3) is 0.368. The van der Waals surface area contributed by atoms with E-state index >= 15 is 0 Å². The van der Waals surface area contributed by atoms with Crippen molar-refractivity contribution in [3.63, 3.8) is 0 Å². The number of amides is 1. The molecule has 1 amide bonds. The Morgan fingerprint density at radius 3 is 2.48 bits per heavy atom. The minimum absolute atomic E-state index is 0.0489. The molecular weight excluding hydrogens is 306 g/mol. The average molecular weight is 329 g/mol. The molecule has 3 nitrogen and oxygen atoms in total. The number of carbonyl (C=O) groups is 2. The molecule has 2 aromatic rings. The van der Waals surface area contributed by atoms with Gasteiger partial charge in [0.2, 0.25) is 5.91 Å². The second kappa shape index (κ2) is 8.63. The summed E-state index contributed by atoms with van der Waals surface area (Å²) in [6.07, 6.45) is 2.37. The SMILES string of the molecule is Cc1ccc(C(=O)CCC(=O)NC(C)CCc2ccccc2)s1. The molecule has 1 heterocycles. The van der Waals surface area contributed by atoms with E-state index < -0.39 is 0 Å². The maximum atomic E-state index is 12.0. The van der Waals surface area contributed by atoms with Crippen LogP contribution in [0.2, 0.25) is 0 Å². The van der Waals surface area contributed by atoms with E-state index in [4.69, 9.17) is 0 Å². The lowest BCUT2D eigenvalue weighted by Gasteiger charge is -2.13. The molecule has 1 unspecified atom stereocenters. The van der Waals surface area contributed by atoms with Crippen LogP contribution in [0.5, 0.6) is 0 Å². The smallest absolute Gasteiger partial charge is 0.220 e. The van der Waals surface area contributed by atoms with Crippen LogP contribution in [0, 0.1) is 6.92 Å². The summed E-state index contributed by atoms with van der Waals surface area (Å²) < 4.78 is 0. The zero-order valence-corrected chi connectivity index (χ0v) is 14.5. The largest absolute Gasteiger partial charge is 0.354 e. The van der Waals surface area contributed by atoms with Gasteiger partial charge in [-0.2, -0.15) is 0 Å². The van der Waals surface area contributed by atoms with Gasteiger partial charge >= 0.3 is 0 Å². The third-order valence-electron chi connectivity index (χ3n) is 3.71. The Labute approximate surface area is 141 Å². The Morgan fingerprint density at radius 1 is 1.09 bits per heavy atom. The van der Waals surface area contributed by atoms with E-state index in [1.807, 2.05) is 44.2 Å². The Hall–Kier alpha value is -1.94. The first kappa shape index (κ1) is 17.4. The number of ketones is 1. The molecule has 0 aliphatic heterocycles. The highest BCUT2D eigenvalue weighted by atomic mass is 32.1. The van der Waals surface area contributed by atoms with Gasteiger partial charge in [0.05, 0.1) is 4.88 Å². The summed E-state index contributed by atoms with van der Waals surface area (Å²) in [6, 6.07) is 14.1. The Bertz CT molecular complexity index is 648. The van der Waals surface area contributed by atoms with Gasteiger partial charge in [-0.15, -0.1) is 11.3 Å². The van der Waals surface area contributed by atoms with Crippen LogP contribution in [0.15, 0.2) is 42.5 Å². The van der Waals surface area contributed by atoms with Crippen LogP contribution in [0.3, 0.4) is 0 Å².